The Morgan fingerprint density at radius 1 is 1.17 bits per heavy atom. The van der Waals surface area contributed by atoms with Crippen LogP contribution in [0.1, 0.15) is 42.5 Å². The van der Waals surface area contributed by atoms with Gasteiger partial charge in [-0.3, -0.25) is 9.59 Å². The molecular formula is C18H24BrN3O2. The van der Waals surface area contributed by atoms with Gasteiger partial charge in [0.2, 0.25) is 5.91 Å². The summed E-state index contributed by atoms with van der Waals surface area (Å²) in [4.78, 5) is 27.2. The summed E-state index contributed by atoms with van der Waals surface area (Å²) in [6.45, 7) is 1.25. The van der Waals surface area contributed by atoms with Gasteiger partial charge in [-0.1, -0.05) is 22.4 Å². The van der Waals surface area contributed by atoms with Gasteiger partial charge in [-0.25, -0.2) is 0 Å². The molecule has 0 spiro atoms. The number of benzene rings is 1. The van der Waals surface area contributed by atoms with Crippen LogP contribution in [0.15, 0.2) is 28.7 Å². The second kappa shape index (κ2) is 7.66. The lowest BCUT2D eigenvalue weighted by molar-refractivity contribution is -0.125. The molecular weight excluding hydrogens is 370 g/mol. The molecule has 1 saturated carbocycles. The normalized spacial score (nSPS) is 26.6. The smallest absolute Gasteiger partial charge is 0.254 e. The molecule has 1 aromatic rings. The molecule has 0 aromatic heterocycles. The van der Waals surface area contributed by atoms with Crippen LogP contribution in [0.2, 0.25) is 0 Å². The number of hydrogen-bond donors (Lipinski definition) is 2. The van der Waals surface area contributed by atoms with E-state index in [0.717, 1.165) is 36.6 Å². The van der Waals surface area contributed by atoms with Gasteiger partial charge in [0.15, 0.2) is 0 Å². The SMILES string of the molecule is NCC1CCCC1NC(=O)C1CCCN1C(=O)c1ccc(Br)cc1. The summed E-state index contributed by atoms with van der Waals surface area (Å²) in [6, 6.07) is 7.08. The van der Waals surface area contributed by atoms with Gasteiger partial charge in [0, 0.05) is 22.6 Å². The lowest BCUT2D eigenvalue weighted by Gasteiger charge is -2.27. The van der Waals surface area contributed by atoms with Crippen molar-refractivity contribution in [2.75, 3.05) is 13.1 Å². The van der Waals surface area contributed by atoms with Gasteiger partial charge in [-0.05, 0) is 62.4 Å². The number of hydrogen-bond acceptors (Lipinski definition) is 3. The van der Waals surface area contributed by atoms with Crippen LogP contribution in [-0.4, -0.2) is 41.9 Å². The van der Waals surface area contributed by atoms with Gasteiger partial charge >= 0.3 is 0 Å². The van der Waals surface area contributed by atoms with Crippen LogP contribution >= 0.6 is 15.9 Å². The standard InChI is InChI=1S/C18H24BrN3O2/c19-14-8-6-12(7-9-14)18(24)22-10-2-5-16(22)17(23)21-15-4-1-3-13(15)11-20/h6-9,13,15-16H,1-5,10-11,20H2,(H,21,23). The highest BCUT2D eigenvalue weighted by molar-refractivity contribution is 9.10. The lowest BCUT2D eigenvalue weighted by Crippen LogP contribution is -2.50. The average Bonchev–Trinajstić information content (AvgIpc) is 3.23. The predicted molar refractivity (Wildman–Crippen MR) is 96.5 cm³/mol. The molecule has 1 aliphatic carbocycles. The van der Waals surface area contributed by atoms with Gasteiger partial charge in [0.1, 0.15) is 6.04 Å². The maximum absolute atomic E-state index is 12.7. The molecule has 2 amide bonds. The Balaban J connectivity index is 1.67. The topological polar surface area (TPSA) is 75.4 Å². The van der Waals surface area contributed by atoms with Crippen molar-refractivity contribution in [1.29, 1.82) is 0 Å². The number of carbonyl (C=O) groups excluding carboxylic acids is 2. The molecule has 2 fully saturated rings. The van der Waals surface area contributed by atoms with Crippen LogP contribution in [0.3, 0.4) is 0 Å². The van der Waals surface area contributed by atoms with E-state index in [-0.39, 0.29) is 23.9 Å². The number of carbonyl (C=O) groups is 2. The lowest BCUT2D eigenvalue weighted by atomic mass is 10.0. The number of rotatable bonds is 4. The first-order valence-electron chi connectivity index (χ1n) is 8.67. The van der Waals surface area contributed by atoms with Crippen LogP contribution in [0.5, 0.6) is 0 Å². The number of nitrogens with one attached hydrogen (secondary N) is 1. The Morgan fingerprint density at radius 2 is 1.92 bits per heavy atom. The number of nitrogens with two attached hydrogens (primary N) is 1. The second-order valence-corrected chi connectivity index (χ2v) is 7.62. The molecule has 0 bridgehead atoms. The van der Waals surface area contributed by atoms with E-state index in [1.54, 1.807) is 17.0 Å². The predicted octanol–water partition coefficient (Wildman–Crippen LogP) is 2.30. The Bertz CT molecular complexity index is 605. The van der Waals surface area contributed by atoms with Crippen molar-refractivity contribution in [3.8, 4) is 0 Å². The summed E-state index contributed by atoms with van der Waals surface area (Å²) < 4.78 is 0.934. The van der Waals surface area contributed by atoms with Gasteiger partial charge in [0.25, 0.3) is 5.91 Å². The molecule has 1 aromatic carbocycles. The average molecular weight is 394 g/mol. The molecule has 1 heterocycles. The van der Waals surface area contributed by atoms with Crippen molar-refractivity contribution >= 4 is 27.7 Å². The number of amides is 2. The first-order chi connectivity index (χ1) is 11.6. The van der Waals surface area contributed by atoms with E-state index in [0.29, 0.717) is 24.6 Å². The zero-order valence-electron chi connectivity index (χ0n) is 13.7. The van der Waals surface area contributed by atoms with Crippen molar-refractivity contribution in [3.63, 3.8) is 0 Å². The van der Waals surface area contributed by atoms with E-state index in [1.807, 2.05) is 12.1 Å². The third-order valence-corrected chi connectivity index (χ3v) is 5.73. The van der Waals surface area contributed by atoms with Gasteiger partial charge in [-0.2, -0.15) is 0 Å². The molecule has 2 aliphatic rings. The van der Waals surface area contributed by atoms with Gasteiger partial charge in [0.05, 0.1) is 0 Å². The van der Waals surface area contributed by atoms with Crippen molar-refractivity contribution < 1.29 is 9.59 Å². The Hall–Kier alpha value is -1.40. The monoisotopic (exact) mass is 393 g/mol. The minimum atomic E-state index is -0.361. The third kappa shape index (κ3) is 3.64. The van der Waals surface area contributed by atoms with Crippen molar-refractivity contribution in [3.05, 3.63) is 34.3 Å². The highest BCUT2D eigenvalue weighted by Gasteiger charge is 2.37. The molecule has 3 N–H and O–H groups in total. The van der Waals surface area contributed by atoms with Gasteiger partial charge in [-0.15, -0.1) is 0 Å². The molecule has 3 rings (SSSR count). The van der Waals surface area contributed by atoms with Crippen LogP contribution in [0.4, 0.5) is 0 Å². The van der Waals surface area contributed by atoms with Crippen LogP contribution < -0.4 is 11.1 Å². The van der Waals surface area contributed by atoms with Crippen LogP contribution in [-0.2, 0) is 4.79 Å². The van der Waals surface area contributed by atoms with Gasteiger partial charge < -0.3 is 16.0 Å². The summed E-state index contributed by atoms with van der Waals surface area (Å²) in [5.41, 5.74) is 6.42. The molecule has 130 valence electrons. The Kier molecular flexibility index (Phi) is 5.56. The minimum absolute atomic E-state index is 0.0247. The van der Waals surface area contributed by atoms with Crippen molar-refractivity contribution in [2.24, 2.45) is 11.7 Å². The summed E-state index contributed by atoms with van der Waals surface area (Å²) in [6.07, 6.45) is 4.77. The number of nitrogens with zero attached hydrogens (tertiary/aromatic N) is 1. The van der Waals surface area contributed by atoms with E-state index < -0.39 is 0 Å². The zero-order valence-corrected chi connectivity index (χ0v) is 15.3. The molecule has 24 heavy (non-hydrogen) atoms. The zero-order chi connectivity index (χ0) is 17.1. The number of likely N-dealkylation sites (tertiary alicyclic amines) is 1. The molecule has 3 atom stereocenters. The Morgan fingerprint density at radius 3 is 2.62 bits per heavy atom. The first kappa shape index (κ1) is 17.4. The van der Waals surface area contributed by atoms with E-state index in [1.165, 1.54) is 0 Å². The van der Waals surface area contributed by atoms with Crippen molar-refractivity contribution in [1.82, 2.24) is 10.2 Å². The number of halogens is 1. The molecule has 1 aliphatic heterocycles. The highest BCUT2D eigenvalue weighted by atomic mass is 79.9. The van der Waals surface area contributed by atoms with E-state index in [9.17, 15) is 9.59 Å². The fourth-order valence-electron chi connectivity index (χ4n) is 3.83. The summed E-state index contributed by atoms with van der Waals surface area (Å²) in [5.74, 6) is 0.274. The van der Waals surface area contributed by atoms with Crippen LogP contribution in [0.25, 0.3) is 0 Å². The first-order valence-corrected chi connectivity index (χ1v) is 9.46. The van der Waals surface area contributed by atoms with E-state index in [2.05, 4.69) is 21.2 Å². The fraction of sp³-hybridized carbons (Fsp3) is 0.556. The van der Waals surface area contributed by atoms with E-state index >= 15 is 0 Å². The molecule has 3 unspecified atom stereocenters. The molecule has 6 heteroatoms. The summed E-state index contributed by atoms with van der Waals surface area (Å²) >= 11 is 3.38. The minimum Gasteiger partial charge on any atom is -0.351 e. The van der Waals surface area contributed by atoms with Crippen molar-refractivity contribution in [2.45, 2.75) is 44.2 Å². The largest absolute Gasteiger partial charge is 0.351 e. The molecule has 5 nitrogen and oxygen atoms in total. The van der Waals surface area contributed by atoms with E-state index in [4.69, 9.17) is 5.73 Å². The maximum Gasteiger partial charge on any atom is 0.254 e. The third-order valence-electron chi connectivity index (χ3n) is 5.20. The Labute approximate surface area is 151 Å². The molecule has 0 radical (unpaired) electrons. The fourth-order valence-corrected chi connectivity index (χ4v) is 4.09. The second-order valence-electron chi connectivity index (χ2n) is 6.71. The highest BCUT2D eigenvalue weighted by Crippen LogP contribution is 2.26. The summed E-state index contributed by atoms with van der Waals surface area (Å²) in [5, 5.41) is 3.15. The molecule has 1 saturated heterocycles. The summed E-state index contributed by atoms with van der Waals surface area (Å²) in [7, 11) is 0. The van der Waals surface area contributed by atoms with Crippen LogP contribution in [0, 0.1) is 5.92 Å². The quantitative estimate of drug-likeness (QED) is 0.823. The maximum atomic E-state index is 12.7.